The summed E-state index contributed by atoms with van der Waals surface area (Å²) in [6.07, 6.45) is 0.669. The van der Waals surface area contributed by atoms with Gasteiger partial charge in [0.05, 0.1) is 12.7 Å². The molecule has 0 unspecified atom stereocenters. The van der Waals surface area contributed by atoms with Gasteiger partial charge in [-0.1, -0.05) is 6.82 Å². The zero-order valence-electron chi connectivity index (χ0n) is 7.25. The molecule has 1 atom stereocenters. The normalized spacial score (nSPS) is 13.0. The second kappa shape index (κ2) is 8.05. The zero-order chi connectivity index (χ0) is 8.53. The minimum atomic E-state index is 0.0289. The molecule has 1 N–H and O–H groups in total. The molecule has 0 aromatic carbocycles. The van der Waals surface area contributed by atoms with Gasteiger partial charge in [-0.3, -0.25) is 0 Å². The van der Waals surface area contributed by atoms with Crippen LogP contribution in [0.15, 0.2) is 0 Å². The molecule has 11 heavy (non-hydrogen) atoms. The van der Waals surface area contributed by atoms with Crippen LogP contribution >= 0.6 is 0 Å². The fourth-order valence-corrected chi connectivity index (χ4v) is 0.777. The Kier molecular flexibility index (Phi) is 8.01. The average Bonchev–Trinajstić information content (AvgIpc) is 2.01. The lowest BCUT2D eigenvalue weighted by Gasteiger charge is -2.14. The Morgan fingerprint density at radius 1 is 1.55 bits per heavy atom. The van der Waals surface area contributed by atoms with E-state index in [1.54, 1.807) is 7.11 Å². The molecule has 65 valence electrons. The Morgan fingerprint density at radius 2 is 2.27 bits per heavy atom. The third kappa shape index (κ3) is 6.35. The predicted molar refractivity (Wildman–Crippen MR) is 44.9 cm³/mol. The Labute approximate surface area is 68.9 Å². The van der Waals surface area contributed by atoms with Crippen molar-refractivity contribution < 1.29 is 14.6 Å². The first kappa shape index (κ1) is 10.9. The van der Waals surface area contributed by atoms with Gasteiger partial charge < -0.3 is 14.6 Å². The van der Waals surface area contributed by atoms with Crippen molar-refractivity contribution in [3.8, 4) is 0 Å². The van der Waals surface area contributed by atoms with Gasteiger partial charge >= 0.3 is 0 Å². The first-order valence-electron chi connectivity index (χ1n) is 3.84. The van der Waals surface area contributed by atoms with Gasteiger partial charge in [0.25, 0.3) is 0 Å². The molecule has 0 amide bonds. The highest BCUT2D eigenvalue weighted by Crippen LogP contribution is 1.97. The maximum atomic E-state index is 8.62. The number of rotatable bonds is 7. The second-order valence-corrected chi connectivity index (χ2v) is 2.33. The highest BCUT2D eigenvalue weighted by Gasteiger charge is 2.06. The Hall–Kier alpha value is -0.0551. The van der Waals surface area contributed by atoms with Crippen LogP contribution in [0.1, 0.15) is 6.42 Å². The van der Waals surface area contributed by atoms with Gasteiger partial charge in [0, 0.05) is 20.2 Å². The van der Waals surface area contributed by atoms with Gasteiger partial charge in [-0.05, 0) is 6.42 Å². The van der Waals surface area contributed by atoms with Crippen LogP contribution in [0.4, 0.5) is 0 Å². The highest BCUT2D eigenvalue weighted by molar-refractivity contribution is 6.33. The zero-order valence-corrected chi connectivity index (χ0v) is 7.25. The summed E-state index contributed by atoms with van der Waals surface area (Å²) in [6, 6.07) is 0. The van der Waals surface area contributed by atoms with Crippen LogP contribution < -0.4 is 0 Å². The Balaban J connectivity index is 3.34. The second-order valence-electron chi connectivity index (χ2n) is 2.33. The molecule has 0 aliphatic rings. The molecule has 0 rings (SSSR count). The smallest absolute Gasteiger partial charge is 0.141 e. The highest BCUT2D eigenvalue weighted by atomic mass is 16.5. The van der Waals surface area contributed by atoms with Crippen molar-refractivity contribution in [1.29, 1.82) is 0 Å². The van der Waals surface area contributed by atoms with Crippen molar-refractivity contribution in [3.63, 3.8) is 0 Å². The van der Waals surface area contributed by atoms with Crippen LogP contribution in [0, 0.1) is 0 Å². The topological polar surface area (TPSA) is 38.7 Å². The number of hydrogen-bond acceptors (Lipinski definition) is 3. The van der Waals surface area contributed by atoms with Crippen LogP contribution in [0.5, 0.6) is 0 Å². The summed E-state index contributed by atoms with van der Waals surface area (Å²) in [5, 5.41) is 8.62. The molecule has 0 saturated heterocycles. The van der Waals surface area contributed by atoms with E-state index >= 15 is 0 Å². The van der Waals surface area contributed by atoms with E-state index < -0.39 is 0 Å². The molecule has 0 bridgehead atoms. The molecule has 0 aliphatic carbocycles. The molecule has 0 aromatic rings. The van der Waals surface area contributed by atoms with E-state index in [2.05, 4.69) is 0 Å². The van der Waals surface area contributed by atoms with Crippen molar-refractivity contribution in [2.24, 2.45) is 0 Å². The van der Waals surface area contributed by atoms with E-state index in [1.807, 2.05) is 14.1 Å². The lowest BCUT2D eigenvalue weighted by Crippen LogP contribution is -2.22. The molecule has 0 aliphatic heterocycles. The third-order valence-corrected chi connectivity index (χ3v) is 1.30. The van der Waals surface area contributed by atoms with Crippen LogP contribution in [-0.2, 0) is 9.47 Å². The van der Waals surface area contributed by atoms with Crippen molar-refractivity contribution in [2.45, 2.75) is 19.3 Å². The van der Waals surface area contributed by atoms with Crippen molar-refractivity contribution in [3.05, 3.63) is 0 Å². The van der Waals surface area contributed by atoms with Crippen molar-refractivity contribution in [1.82, 2.24) is 0 Å². The third-order valence-electron chi connectivity index (χ3n) is 1.30. The molecule has 0 aromatic heterocycles. The summed E-state index contributed by atoms with van der Waals surface area (Å²) in [4.78, 5) is 0. The lowest BCUT2D eigenvalue weighted by atomic mass is 9.84. The largest absolute Gasteiger partial charge is 0.396 e. The summed E-state index contributed by atoms with van der Waals surface area (Å²) < 4.78 is 10.2. The van der Waals surface area contributed by atoms with Crippen molar-refractivity contribution in [2.75, 3.05) is 26.8 Å². The molecule has 0 saturated carbocycles. The van der Waals surface area contributed by atoms with Gasteiger partial charge in [0.2, 0.25) is 0 Å². The number of methoxy groups -OCH3 is 1. The standard InChI is InChI=1S/C7H16BO3/c1-8-6-11-7(3-4-9)5-10-2/h7,9H,3-6H2,1-2H3/t7-/m1/s1. The number of hydrogen-bond donors (Lipinski definition) is 1. The van der Waals surface area contributed by atoms with Crippen LogP contribution in [0.3, 0.4) is 0 Å². The van der Waals surface area contributed by atoms with E-state index in [0.29, 0.717) is 19.5 Å². The molecular formula is C7H16BO3. The van der Waals surface area contributed by atoms with Crippen molar-refractivity contribution >= 4 is 7.28 Å². The van der Waals surface area contributed by atoms with Gasteiger partial charge in [-0.2, -0.15) is 0 Å². The quantitative estimate of drug-likeness (QED) is 0.536. The monoisotopic (exact) mass is 159 g/mol. The van der Waals surface area contributed by atoms with E-state index in [-0.39, 0.29) is 12.7 Å². The van der Waals surface area contributed by atoms with Gasteiger partial charge in [-0.15, -0.1) is 0 Å². The number of aliphatic hydroxyl groups excluding tert-OH is 1. The minimum Gasteiger partial charge on any atom is -0.396 e. The summed E-state index contributed by atoms with van der Waals surface area (Å²) in [5.74, 6) is 0. The fraction of sp³-hybridized carbons (Fsp3) is 1.00. The van der Waals surface area contributed by atoms with E-state index in [4.69, 9.17) is 14.6 Å². The van der Waals surface area contributed by atoms with E-state index in [0.717, 1.165) is 0 Å². The van der Waals surface area contributed by atoms with Crippen LogP contribution in [0.2, 0.25) is 6.82 Å². The average molecular weight is 159 g/mol. The number of ether oxygens (including phenoxy) is 2. The molecule has 0 spiro atoms. The van der Waals surface area contributed by atoms with E-state index in [9.17, 15) is 0 Å². The van der Waals surface area contributed by atoms with Gasteiger partial charge in [0.1, 0.15) is 7.28 Å². The molecule has 1 radical (unpaired) electrons. The molecule has 4 heteroatoms. The maximum Gasteiger partial charge on any atom is 0.141 e. The van der Waals surface area contributed by atoms with E-state index in [1.165, 1.54) is 0 Å². The fourth-order valence-electron chi connectivity index (χ4n) is 0.777. The molecule has 0 fully saturated rings. The minimum absolute atomic E-state index is 0.0289. The predicted octanol–water partition coefficient (Wildman–Crippen LogP) is 0.110. The molecule has 3 nitrogen and oxygen atoms in total. The summed E-state index contributed by atoms with van der Waals surface area (Å²) >= 11 is 0. The van der Waals surface area contributed by atoms with Gasteiger partial charge in [-0.25, -0.2) is 0 Å². The molecular weight excluding hydrogens is 143 g/mol. The summed E-state index contributed by atoms with van der Waals surface area (Å²) in [5.41, 5.74) is 0. The lowest BCUT2D eigenvalue weighted by molar-refractivity contribution is 0.00473. The molecule has 0 heterocycles. The number of aliphatic hydroxyl groups is 1. The Bertz CT molecular complexity index is 74.1. The maximum absolute atomic E-state index is 8.62. The van der Waals surface area contributed by atoms with Crippen LogP contribution in [-0.4, -0.2) is 45.3 Å². The van der Waals surface area contributed by atoms with Gasteiger partial charge in [0.15, 0.2) is 0 Å². The van der Waals surface area contributed by atoms with Crippen LogP contribution in [0.25, 0.3) is 0 Å². The summed E-state index contributed by atoms with van der Waals surface area (Å²) in [7, 11) is 3.56. The first-order chi connectivity index (χ1) is 5.35. The first-order valence-corrected chi connectivity index (χ1v) is 3.84. The SMILES string of the molecule is C[B]CO[C@H](CCO)COC. The Morgan fingerprint density at radius 3 is 2.73 bits per heavy atom. The summed E-state index contributed by atoms with van der Waals surface area (Å²) in [6.45, 7) is 3.25.